The minimum absolute atomic E-state index is 0.135. The topological polar surface area (TPSA) is 89.9 Å². The summed E-state index contributed by atoms with van der Waals surface area (Å²) in [6.45, 7) is 6.54. The zero-order valence-electron chi connectivity index (χ0n) is 34.5. The SMILES string of the molecule is CCCCCC(=O)/C=C/C=C\CCCCCCCC(=O)OC[C@H](O)COC(=O)CCCCCCCCCCCCCCCCCCCCC(C)CC. The molecule has 0 aromatic rings. The maximum absolute atomic E-state index is 12.0. The summed E-state index contributed by atoms with van der Waals surface area (Å²) in [6, 6.07) is 0. The summed E-state index contributed by atoms with van der Waals surface area (Å²) < 4.78 is 10.3. The zero-order valence-corrected chi connectivity index (χ0v) is 34.5. The molecule has 0 fully saturated rings. The Balaban J connectivity index is 3.44. The second kappa shape index (κ2) is 40.2. The van der Waals surface area contributed by atoms with Gasteiger partial charge in [0.2, 0.25) is 0 Å². The van der Waals surface area contributed by atoms with Gasteiger partial charge in [-0.25, -0.2) is 0 Å². The molecule has 1 N–H and O–H groups in total. The van der Waals surface area contributed by atoms with Crippen molar-refractivity contribution in [3.8, 4) is 0 Å². The summed E-state index contributed by atoms with van der Waals surface area (Å²) in [5.41, 5.74) is 0. The van der Waals surface area contributed by atoms with Gasteiger partial charge in [0.15, 0.2) is 5.78 Å². The molecule has 0 aliphatic rings. The van der Waals surface area contributed by atoms with Crippen molar-refractivity contribution in [3.63, 3.8) is 0 Å². The van der Waals surface area contributed by atoms with Crippen LogP contribution in [-0.4, -0.2) is 42.1 Å². The third-order valence-electron chi connectivity index (χ3n) is 10.2. The first kappa shape index (κ1) is 50.1. The van der Waals surface area contributed by atoms with Crippen LogP contribution in [0.1, 0.15) is 226 Å². The van der Waals surface area contributed by atoms with Crippen molar-refractivity contribution in [3.05, 3.63) is 24.3 Å². The highest BCUT2D eigenvalue weighted by atomic mass is 16.6. The van der Waals surface area contributed by atoms with E-state index in [4.69, 9.17) is 9.47 Å². The Morgan fingerprint density at radius 1 is 0.519 bits per heavy atom. The summed E-state index contributed by atoms with van der Waals surface area (Å²) >= 11 is 0. The number of ether oxygens (including phenoxy) is 2. The quantitative estimate of drug-likeness (QED) is 0.0292. The fourth-order valence-corrected chi connectivity index (χ4v) is 6.40. The lowest BCUT2D eigenvalue weighted by molar-refractivity contribution is -0.152. The molecule has 2 atom stereocenters. The van der Waals surface area contributed by atoms with E-state index in [1.165, 1.54) is 109 Å². The molecular formula is C46H84O6. The second-order valence-electron chi connectivity index (χ2n) is 15.5. The molecule has 6 nitrogen and oxygen atoms in total. The molecular weight excluding hydrogens is 648 g/mol. The van der Waals surface area contributed by atoms with Crippen LogP contribution in [0.4, 0.5) is 0 Å². The molecule has 0 bridgehead atoms. The number of hydrogen-bond donors (Lipinski definition) is 1. The van der Waals surface area contributed by atoms with Crippen molar-refractivity contribution in [2.24, 2.45) is 5.92 Å². The standard InChI is InChI=1S/C46H84O6/c1-4-6-30-36-43(47)37-32-27-23-19-17-21-25-29-34-39-46(50)52-41-44(48)40-51-45(49)38-33-28-24-20-16-14-12-10-8-7-9-11-13-15-18-22-26-31-35-42(3)5-2/h23,27,32,37,42,44,48H,4-22,24-26,28-31,33-36,38-41H2,1-3H3/b27-23-,37-32+/t42?,44-/m1/s1. The van der Waals surface area contributed by atoms with Gasteiger partial charge in [-0.05, 0) is 44.1 Å². The maximum Gasteiger partial charge on any atom is 0.305 e. The number of carbonyl (C=O) groups excluding carboxylic acids is 3. The van der Waals surface area contributed by atoms with Gasteiger partial charge in [-0.3, -0.25) is 14.4 Å². The number of allylic oxidation sites excluding steroid dienone is 4. The number of esters is 2. The van der Waals surface area contributed by atoms with Crippen molar-refractivity contribution in [1.29, 1.82) is 0 Å². The molecule has 6 heteroatoms. The van der Waals surface area contributed by atoms with Crippen LogP contribution in [0.3, 0.4) is 0 Å². The number of hydrogen-bond acceptors (Lipinski definition) is 6. The van der Waals surface area contributed by atoms with Gasteiger partial charge in [-0.1, -0.05) is 193 Å². The number of aliphatic hydroxyl groups is 1. The van der Waals surface area contributed by atoms with E-state index in [0.29, 0.717) is 19.3 Å². The molecule has 0 spiro atoms. The first-order valence-corrected chi connectivity index (χ1v) is 22.2. The van der Waals surface area contributed by atoms with E-state index >= 15 is 0 Å². The van der Waals surface area contributed by atoms with Crippen LogP contribution in [0.15, 0.2) is 24.3 Å². The third kappa shape index (κ3) is 39.3. The highest BCUT2D eigenvalue weighted by molar-refractivity contribution is 5.89. The van der Waals surface area contributed by atoms with Gasteiger partial charge in [0.25, 0.3) is 0 Å². The lowest BCUT2D eigenvalue weighted by Crippen LogP contribution is -2.25. The zero-order chi connectivity index (χ0) is 38.2. The maximum atomic E-state index is 12.0. The number of unbranched alkanes of at least 4 members (excludes halogenated alkanes) is 24. The molecule has 0 aliphatic heterocycles. The Bertz CT molecular complexity index is 865. The fourth-order valence-electron chi connectivity index (χ4n) is 6.40. The van der Waals surface area contributed by atoms with E-state index in [9.17, 15) is 19.5 Å². The lowest BCUT2D eigenvalue weighted by Gasteiger charge is -2.12. The van der Waals surface area contributed by atoms with Crippen molar-refractivity contribution >= 4 is 17.7 Å². The van der Waals surface area contributed by atoms with E-state index in [1.54, 1.807) is 6.08 Å². The Morgan fingerprint density at radius 2 is 0.923 bits per heavy atom. The largest absolute Gasteiger partial charge is 0.463 e. The summed E-state index contributed by atoms with van der Waals surface area (Å²) in [5, 5.41) is 10.0. The molecule has 0 aromatic heterocycles. The van der Waals surface area contributed by atoms with Crippen LogP contribution >= 0.6 is 0 Å². The van der Waals surface area contributed by atoms with Crippen molar-refractivity contribution in [1.82, 2.24) is 0 Å². The van der Waals surface area contributed by atoms with Crippen LogP contribution in [0.25, 0.3) is 0 Å². The van der Waals surface area contributed by atoms with Gasteiger partial charge in [-0.15, -0.1) is 0 Å². The molecule has 52 heavy (non-hydrogen) atoms. The summed E-state index contributed by atoms with van der Waals surface area (Å²) in [4.78, 5) is 35.7. The predicted octanol–water partition coefficient (Wildman–Crippen LogP) is 13.3. The van der Waals surface area contributed by atoms with Crippen LogP contribution in [0, 0.1) is 5.92 Å². The molecule has 0 aliphatic carbocycles. The van der Waals surface area contributed by atoms with E-state index < -0.39 is 6.10 Å². The van der Waals surface area contributed by atoms with Gasteiger partial charge >= 0.3 is 11.9 Å². The minimum atomic E-state index is -0.987. The van der Waals surface area contributed by atoms with E-state index in [-0.39, 0.29) is 30.9 Å². The van der Waals surface area contributed by atoms with Gasteiger partial charge in [0, 0.05) is 19.3 Å². The molecule has 0 heterocycles. The summed E-state index contributed by atoms with van der Waals surface area (Å²) in [6.07, 6.45) is 43.6. The summed E-state index contributed by atoms with van der Waals surface area (Å²) in [7, 11) is 0. The average molecular weight is 733 g/mol. The van der Waals surface area contributed by atoms with Crippen LogP contribution in [-0.2, 0) is 23.9 Å². The number of aliphatic hydroxyl groups excluding tert-OH is 1. The average Bonchev–Trinajstić information content (AvgIpc) is 3.14. The monoisotopic (exact) mass is 733 g/mol. The lowest BCUT2D eigenvalue weighted by atomic mass is 9.99. The Hall–Kier alpha value is -1.95. The smallest absolute Gasteiger partial charge is 0.305 e. The minimum Gasteiger partial charge on any atom is -0.463 e. The molecule has 0 saturated heterocycles. The molecule has 0 rings (SSSR count). The molecule has 304 valence electrons. The van der Waals surface area contributed by atoms with Crippen LogP contribution in [0.2, 0.25) is 0 Å². The highest BCUT2D eigenvalue weighted by Gasteiger charge is 2.12. The second-order valence-corrected chi connectivity index (χ2v) is 15.5. The fraction of sp³-hybridized carbons (Fsp3) is 0.848. The number of carbonyl (C=O) groups is 3. The van der Waals surface area contributed by atoms with Crippen molar-refractivity contribution in [2.75, 3.05) is 13.2 Å². The van der Waals surface area contributed by atoms with Crippen LogP contribution in [0.5, 0.6) is 0 Å². The van der Waals surface area contributed by atoms with Gasteiger partial charge in [0.05, 0.1) is 0 Å². The first-order chi connectivity index (χ1) is 25.4. The van der Waals surface area contributed by atoms with E-state index in [0.717, 1.165) is 83.0 Å². The number of ketones is 1. The molecule has 0 aromatic carbocycles. The Labute approximate surface area is 321 Å². The predicted molar refractivity (Wildman–Crippen MR) is 219 cm³/mol. The van der Waals surface area contributed by atoms with Crippen LogP contribution < -0.4 is 0 Å². The molecule has 0 amide bonds. The Morgan fingerprint density at radius 3 is 1.37 bits per heavy atom. The highest BCUT2D eigenvalue weighted by Crippen LogP contribution is 2.17. The van der Waals surface area contributed by atoms with Gasteiger partial charge in [0.1, 0.15) is 19.3 Å². The first-order valence-electron chi connectivity index (χ1n) is 22.2. The van der Waals surface area contributed by atoms with Gasteiger partial charge < -0.3 is 14.6 Å². The third-order valence-corrected chi connectivity index (χ3v) is 10.2. The normalized spacial score (nSPS) is 12.8. The Kier molecular flexibility index (Phi) is 38.7. The van der Waals surface area contributed by atoms with Gasteiger partial charge in [-0.2, -0.15) is 0 Å². The number of rotatable bonds is 40. The molecule has 0 radical (unpaired) electrons. The van der Waals surface area contributed by atoms with Crippen molar-refractivity contribution < 1.29 is 29.0 Å². The summed E-state index contributed by atoms with van der Waals surface area (Å²) in [5.74, 6) is 0.496. The molecule has 1 unspecified atom stereocenters. The van der Waals surface area contributed by atoms with E-state index in [1.807, 2.05) is 12.2 Å². The van der Waals surface area contributed by atoms with Crippen molar-refractivity contribution in [2.45, 2.75) is 232 Å². The van der Waals surface area contributed by atoms with E-state index in [2.05, 4.69) is 26.8 Å². The molecule has 0 saturated carbocycles.